The summed E-state index contributed by atoms with van der Waals surface area (Å²) in [4.78, 5) is 4.85. The molecule has 3 heterocycles. The molecule has 1 fully saturated rings. The third-order valence-corrected chi connectivity index (χ3v) is 9.46. The number of sulfonamides is 1. The van der Waals surface area contributed by atoms with Crippen LogP contribution in [-0.2, 0) is 22.4 Å². The highest BCUT2D eigenvalue weighted by molar-refractivity contribution is 7.88. The van der Waals surface area contributed by atoms with Gasteiger partial charge >= 0.3 is 0 Å². The molecule has 8 nitrogen and oxygen atoms in total. The summed E-state index contributed by atoms with van der Waals surface area (Å²) in [5, 5.41) is 8.80. The van der Waals surface area contributed by atoms with E-state index < -0.39 is 15.9 Å². The molecule has 1 atom stereocenters. The minimum absolute atomic E-state index is 0.112. The zero-order chi connectivity index (χ0) is 27.5. The molecule has 11 heteroatoms. The molecule has 0 bridgehead atoms. The van der Waals surface area contributed by atoms with Gasteiger partial charge in [-0.05, 0) is 54.9 Å². The Morgan fingerprint density at radius 3 is 2.67 bits per heavy atom. The smallest absolute Gasteiger partial charge is 0.273 e. The summed E-state index contributed by atoms with van der Waals surface area (Å²) in [7, 11) is -1.60. The molecule has 2 aromatic heterocycles. The van der Waals surface area contributed by atoms with Gasteiger partial charge < -0.3 is 10.1 Å². The number of alkyl halides is 2. The van der Waals surface area contributed by atoms with Crippen LogP contribution in [0.3, 0.4) is 0 Å². The van der Waals surface area contributed by atoms with E-state index in [-0.39, 0.29) is 23.9 Å². The van der Waals surface area contributed by atoms with E-state index in [9.17, 15) is 17.2 Å². The summed E-state index contributed by atoms with van der Waals surface area (Å²) < 4.78 is 62.0. The Labute approximate surface area is 226 Å². The van der Waals surface area contributed by atoms with Crippen LogP contribution in [0.15, 0.2) is 42.6 Å². The first-order chi connectivity index (χ1) is 18.6. The highest BCUT2D eigenvalue weighted by Crippen LogP contribution is 2.45. The van der Waals surface area contributed by atoms with Gasteiger partial charge in [-0.15, -0.1) is 0 Å². The van der Waals surface area contributed by atoms with E-state index in [1.807, 2.05) is 25.1 Å². The Hall–Kier alpha value is -3.31. The monoisotopic (exact) mass is 555 g/mol. The molecule has 1 aliphatic heterocycles. The molecule has 2 aromatic carbocycles. The van der Waals surface area contributed by atoms with Gasteiger partial charge in [0.25, 0.3) is 5.92 Å². The van der Waals surface area contributed by atoms with Gasteiger partial charge in [-0.2, -0.15) is 5.10 Å². The van der Waals surface area contributed by atoms with Gasteiger partial charge in [0.05, 0.1) is 31.1 Å². The standard InChI is InChI=1S/C28H31F2N5O3S/c1-17(19-5-4-6-23-20(19)7-11-28(23,29)30)32-27-22-15-21(18-9-13-34(14-10-18)39(3,36)37)25(38-2)16-24(22)35-26(33-27)8-12-31-35/h4-6,8,12,15-18H,7,9-11,13-14H2,1-3H3,(H,32,33)/t17-/m1/s1. The van der Waals surface area contributed by atoms with Crippen molar-refractivity contribution < 1.29 is 21.9 Å². The molecule has 1 aliphatic carbocycles. The molecule has 6 rings (SSSR count). The molecular formula is C28H31F2N5O3S. The van der Waals surface area contributed by atoms with Crippen molar-refractivity contribution >= 4 is 32.4 Å². The maximum absolute atomic E-state index is 14.4. The maximum atomic E-state index is 14.4. The summed E-state index contributed by atoms with van der Waals surface area (Å²) >= 11 is 0. The van der Waals surface area contributed by atoms with E-state index in [0.717, 1.165) is 22.0 Å². The number of benzene rings is 2. The number of rotatable bonds is 6. The zero-order valence-electron chi connectivity index (χ0n) is 22.1. The number of halogens is 2. The third kappa shape index (κ3) is 4.51. The van der Waals surface area contributed by atoms with Crippen LogP contribution in [0.2, 0.25) is 0 Å². The number of aromatic nitrogens is 3. The van der Waals surface area contributed by atoms with Gasteiger partial charge in [-0.1, -0.05) is 18.2 Å². The molecule has 0 saturated carbocycles. The lowest BCUT2D eigenvalue weighted by Gasteiger charge is -2.31. The maximum Gasteiger partial charge on any atom is 0.273 e. The molecule has 206 valence electrons. The van der Waals surface area contributed by atoms with Crippen LogP contribution >= 0.6 is 0 Å². The van der Waals surface area contributed by atoms with Crippen LogP contribution in [0, 0.1) is 0 Å². The number of nitrogens with zero attached hydrogens (tertiary/aromatic N) is 4. The number of methoxy groups -OCH3 is 1. The van der Waals surface area contributed by atoms with Gasteiger partial charge in [0.2, 0.25) is 10.0 Å². The van der Waals surface area contributed by atoms with Crippen LogP contribution in [0.4, 0.5) is 14.6 Å². The van der Waals surface area contributed by atoms with Crippen LogP contribution in [0.5, 0.6) is 5.75 Å². The molecule has 0 unspecified atom stereocenters. The lowest BCUT2D eigenvalue weighted by Crippen LogP contribution is -2.37. The summed E-state index contributed by atoms with van der Waals surface area (Å²) in [5.74, 6) is -1.35. The molecule has 1 saturated heterocycles. The Morgan fingerprint density at radius 2 is 1.95 bits per heavy atom. The number of hydrogen-bond donors (Lipinski definition) is 1. The lowest BCUT2D eigenvalue weighted by molar-refractivity contribution is -0.00184. The number of hydrogen-bond acceptors (Lipinski definition) is 6. The SMILES string of the molecule is COc1cc2c(cc1C1CCN(S(C)(=O)=O)CC1)c(N[C@H](C)c1cccc3c1CCC3(F)F)nc1ccnn12. The van der Waals surface area contributed by atoms with Crippen LogP contribution in [0.1, 0.15) is 60.4 Å². The van der Waals surface area contributed by atoms with Crippen LogP contribution in [-0.4, -0.2) is 53.8 Å². The van der Waals surface area contributed by atoms with Gasteiger partial charge in [-0.25, -0.2) is 31.0 Å². The second-order valence-corrected chi connectivity index (χ2v) is 12.5. The zero-order valence-corrected chi connectivity index (χ0v) is 22.9. The molecule has 4 aromatic rings. The van der Waals surface area contributed by atoms with Crippen molar-refractivity contribution in [2.75, 3.05) is 31.8 Å². The van der Waals surface area contributed by atoms with Crippen molar-refractivity contribution in [1.82, 2.24) is 18.9 Å². The van der Waals surface area contributed by atoms with Crippen molar-refractivity contribution in [1.29, 1.82) is 0 Å². The normalized spacial score (nSPS) is 18.9. The van der Waals surface area contributed by atoms with Gasteiger partial charge in [0, 0.05) is 42.6 Å². The summed E-state index contributed by atoms with van der Waals surface area (Å²) in [6, 6.07) is 10.7. The predicted octanol–water partition coefficient (Wildman–Crippen LogP) is 5.24. The second-order valence-electron chi connectivity index (χ2n) is 10.6. The predicted molar refractivity (Wildman–Crippen MR) is 146 cm³/mol. The fourth-order valence-electron chi connectivity index (χ4n) is 6.13. The van der Waals surface area contributed by atoms with Crippen LogP contribution < -0.4 is 10.1 Å². The van der Waals surface area contributed by atoms with Gasteiger partial charge in [0.1, 0.15) is 11.6 Å². The highest BCUT2D eigenvalue weighted by atomic mass is 32.2. The number of anilines is 1. The van der Waals surface area contributed by atoms with Crippen molar-refractivity contribution in [2.45, 2.75) is 50.5 Å². The van der Waals surface area contributed by atoms with Crippen molar-refractivity contribution in [3.05, 3.63) is 64.8 Å². The summed E-state index contributed by atoms with van der Waals surface area (Å²) in [5.41, 5.74) is 4.11. The van der Waals surface area contributed by atoms with E-state index >= 15 is 0 Å². The first kappa shape index (κ1) is 25.9. The number of piperidine rings is 1. The first-order valence-corrected chi connectivity index (χ1v) is 15.0. The number of nitrogens with one attached hydrogen (secondary N) is 1. The molecule has 1 N–H and O–H groups in total. The third-order valence-electron chi connectivity index (χ3n) is 8.16. The number of fused-ring (bicyclic) bond motifs is 4. The molecule has 2 aliphatic rings. The highest BCUT2D eigenvalue weighted by Gasteiger charge is 2.40. The minimum atomic E-state index is -3.23. The molecule has 0 spiro atoms. The average Bonchev–Trinajstić information content (AvgIpc) is 3.51. The number of ether oxygens (including phenoxy) is 1. The topological polar surface area (TPSA) is 88.8 Å². The van der Waals surface area contributed by atoms with Gasteiger partial charge in [0.15, 0.2) is 5.65 Å². The summed E-state index contributed by atoms with van der Waals surface area (Å²) in [6.07, 6.45) is 4.45. The van der Waals surface area contributed by atoms with E-state index in [1.54, 1.807) is 23.9 Å². The first-order valence-electron chi connectivity index (χ1n) is 13.1. The largest absolute Gasteiger partial charge is 0.496 e. The van der Waals surface area contributed by atoms with Crippen LogP contribution in [0.25, 0.3) is 16.6 Å². The fraction of sp³-hybridized carbons (Fsp3) is 0.429. The Balaban J connectivity index is 1.42. The Kier molecular flexibility index (Phi) is 6.26. The van der Waals surface area contributed by atoms with E-state index in [1.165, 1.54) is 16.6 Å². The van der Waals surface area contributed by atoms with Crippen molar-refractivity contribution in [3.8, 4) is 5.75 Å². The van der Waals surface area contributed by atoms with E-state index in [0.29, 0.717) is 55.1 Å². The quantitative estimate of drug-likeness (QED) is 0.350. The lowest BCUT2D eigenvalue weighted by atomic mass is 9.88. The minimum Gasteiger partial charge on any atom is -0.496 e. The van der Waals surface area contributed by atoms with Crippen molar-refractivity contribution in [2.24, 2.45) is 0 Å². The molecular weight excluding hydrogens is 524 g/mol. The average molecular weight is 556 g/mol. The molecule has 0 amide bonds. The Morgan fingerprint density at radius 1 is 1.18 bits per heavy atom. The van der Waals surface area contributed by atoms with Crippen molar-refractivity contribution in [3.63, 3.8) is 0 Å². The van der Waals surface area contributed by atoms with Gasteiger partial charge in [-0.3, -0.25) is 0 Å². The van der Waals surface area contributed by atoms with E-state index in [2.05, 4.69) is 16.5 Å². The second kappa shape index (κ2) is 9.41. The summed E-state index contributed by atoms with van der Waals surface area (Å²) in [6.45, 7) is 2.87. The Bertz CT molecular complexity index is 1680. The molecule has 39 heavy (non-hydrogen) atoms. The molecule has 0 radical (unpaired) electrons. The van der Waals surface area contributed by atoms with E-state index in [4.69, 9.17) is 9.72 Å². The fourth-order valence-corrected chi connectivity index (χ4v) is 7.00.